The van der Waals surface area contributed by atoms with E-state index in [2.05, 4.69) is 4.74 Å². The molecule has 0 aromatic carbocycles. The summed E-state index contributed by atoms with van der Waals surface area (Å²) in [5, 5.41) is 8.59. The summed E-state index contributed by atoms with van der Waals surface area (Å²) < 4.78 is 76.8. The van der Waals surface area contributed by atoms with Gasteiger partial charge >= 0.3 is 18.4 Å². The van der Waals surface area contributed by atoms with E-state index in [4.69, 9.17) is 5.26 Å². The average molecular weight is 302 g/mol. The predicted molar refractivity (Wildman–Crippen MR) is 54.9 cm³/mol. The van der Waals surface area contributed by atoms with Crippen LogP contribution in [0.5, 0.6) is 0 Å². The molecule has 0 aliphatic carbocycles. The quantitative estimate of drug-likeness (QED) is 0.552. The first-order valence-corrected chi connectivity index (χ1v) is 5.54. The fourth-order valence-corrected chi connectivity index (χ4v) is 1.69. The second-order valence-electron chi connectivity index (χ2n) is 4.24. The Morgan fingerprint density at radius 2 is 1.60 bits per heavy atom. The Hall–Kier alpha value is -1.60. The zero-order valence-corrected chi connectivity index (χ0v) is 9.96. The molecule has 1 saturated heterocycles. The number of carbonyl (C=O) groups excluding carboxylic acids is 1. The Kier molecular flexibility index (Phi) is 4.78. The Bertz CT molecular complexity index is 383. The molecule has 0 aromatic rings. The molecule has 0 spiro atoms. The van der Waals surface area contributed by atoms with Gasteiger partial charge in [0.1, 0.15) is 0 Å². The minimum Gasteiger partial charge on any atom is -0.426 e. The van der Waals surface area contributed by atoms with Crippen molar-refractivity contribution in [2.45, 2.75) is 31.1 Å². The number of hydrogen-bond donors (Lipinski definition) is 0. The summed E-state index contributed by atoms with van der Waals surface area (Å²) in [6.07, 6.45) is -16.9. The van der Waals surface area contributed by atoms with Gasteiger partial charge in [0.15, 0.2) is 0 Å². The van der Waals surface area contributed by atoms with E-state index in [1.54, 1.807) is 0 Å². The van der Waals surface area contributed by atoms with Crippen LogP contribution in [0.1, 0.15) is 0 Å². The van der Waals surface area contributed by atoms with Gasteiger partial charge in [-0.1, -0.05) is 0 Å². The van der Waals surface area contributed by atoms with Crippen molar-refractivity contribution >= 4 is 12.8 Å². The summed E-state index contributed by atoms with van der Waals surface area (Å²) >= 11 is 0. The van der Waals surface area contributed by atoms with Crippen LogP contribution >= 0.6 is 0 Å². The van der Waals surface area contributed by atoms with Gasteiger partial charge in [-0.3, -0.25) is 0 Å². The molecule has 0 bridgehead atoms. The van der Waals surface area contributed by atoms with Crippen molar-refractivity contribution in [2.24, 2.45) is 0 Å². The van der Waals surface area contributed by atoms with Crippen molar-refractivity contribution in [3.05, 3.63) is 0 Å². The third kappa shape index (κ3) is 4.21. The maximum Gasteiger partial charge on any atom is 0.434 e. The summed E-state index contributed by atoms with van der Waals surface area (Å²) in [5.74, 6) is 1.91. The molecule has 0 aromatic heterocycles. The first kappa shape index (κ1) is 16.5. The lowest BCUT2D eigenvalue weighted by atomic mass is 9.45. The fraction of sp³-hybridized carbons (Fsp3) is 0.778. The molecule has 1 amide bonds. The molecule has 1 fully saturated rings. The van der Waals surface area contributed by atoms with E-state index in [-0.39, 0.29) is 32.4 Å². The molecular formula is C9H9BF6N2O2. The van der Waals surface area contributed by atoms with Crippen LogP contribution < -0.4 is 0 Å². The standard InChI is InChI=1S/C9H9BF6N2O2/c11-8(12,13)6(9(14,15)16)20-7(19)18-3-1-10(5-17)2-4-18/h6H,1-4H2. The number of ether oxygens (including phenoxy) is 1. The van der Waals surface area contributed by atoms with Crippen molar-refractivity contribution in [2.75, 3.05) is 13.1 Å². The number of rotatable bonds is 1. The molecule has 1 heterocycles. The Labute approximate surface area is 110 Å². The van der Waals surface area contributed by atoms with Crippen LogP contribution in [0.15, 0.2) is 0 Å². The molecule has 0 atom stereocenters. The molecule has 11 heteroatoms. The number of halogens is 6. The smallest absolute Gasteiger partial charge is 0.426 e. The molecule has 0 unspecified atom stereocenters. The molecule has 112 valence electrons. The van der Waals surface area contributed by atoms with Gasteiger partial charge in [-0.2, -0.15) is 26.3 Å². The summed E-state index contributed by atoms with van der Waals surface area (Å²) in [4.78, 5) is 12.1. The number of alkyl halides is 6. The van der Waals surface area contributed by atoms with E-state index in [0.717, 1.165) is 4.90 Å². The van der Waals surface area contributed by atoms with Crippen LogP contribution in [0.4, 0.5) is 31.1 Å². The molecule has 1 aliphatic heterocycles. The monoisotopic (exact) mass is 302 g/mol. The summed E-state index contributed by atoms with van der Waals surface area (Å²) in [7, 11) is 0. The molecule has 0 radical (unpaired) electrons. The van der Waals surface area contributed by atoms with Crippen LogP contribution in [0, 0.1) is 11.2 Å². The van der Waals surface area contributed by atoms with E-state index in [1.807, 2.05) is 5.97 Å². The van der Waals surface area contributed by atoms with E-state index >= 15 is 0 Å². The molecule has 0 saturated carbocycles. The average Bonchev–Trinajstić information content (AvgIpc) is 2.33. The van der Waals surface area contributed by atoms with Gasteiger partial charge in [0.05, 0.1) is 0 Å². The molecular weight excluding hydrogens is 293 g/mol. The summed E-state index contributed by atoms with van der Waals surface area (Å²) in [5.41, 5.74) is 0. The SMILES string of the molecule is N#CB1CCN(C(=O)OC(C(F)(F)F)C(F)(F)F)CC1. The third-order valence-corrected chi connectivity index (χ3v) is 2.75. The number of nitrogens with zero attached hydrogens (tertiary/aromatic N) is 2. The lowest BCUT2D eigenvalue weighted by Gasteiger charge is -2.30. The maximum absolute atomic E-state index is 12.2. The summed E-state index contributed by atoms with van der Waals surface area (Å²) in [6.45, 7) is -0.584. The number of nitriles is 1. The van der Waals surface area contributed by atoms with Gasteiger partial charge in [-0.25, -0.2) is 10.1 Å². The first-order chi connectivity index (χ1) is 9.05. The Morgan fingerprint density at radius 1 is 1.15 bits per heavy atom. The van der Waals surface area contributed by atoms with Gasteiger partial charge in [-0.15, -0.1) is 0 Å². The predicted octanol–water partition coefficient (Wildman–Crippen LogP) is 2.49. The highest BCUT2D eigenvalue weighted by molar-refractivity contribution is 6.67. The van der Waals surface area contributed by atoms with Crippen molar-refractivity contribution in [1.29, 1.82) is 5.26 Å². The van der Waals surface area contributed by atoms with E-state index in [0.29, 0.717) is 0 Å². The molecule has 0 N–H and O–H groups in total. The van der Waals surface area contributed by atoms with Gasteiger partial charge in [0.25, 0.3) is 12.8 Å². The van der Waals surface area contributed by atoms with Crippen LogP contribution in [-0.2, 0) is 4.74 Å². The molecule has 1 rings (SSSR count). The Balaban J connectivity index is 2.67. The zero-order chi connectivity index (χ0) is 15.6. The molecule has 1 aliphatic rings. The highest BCUT2D eigenvalue weighted by atomic mass is 19.4. The first-order valence-electron chi connectivity index (χ1n) is 5.54. The van der Waals surface area contributed by atoms with Gasteiger partial charge < -0.3 is 9.64 Å². The number of carbonyl (C=O) groups is 1. The number of hydrogen-bond acceptors (Lipinski definition) is 3. The van der Waals surface area contributed by atoms with Crippen LogP contribution in [0.2, 0.25) is 12.6 Å². The fourth-order valence-electron chi connectivity index (χ4n) is 1.69. The van der Waals surface area contributed by atoms with Gasteiger partial charge in [0, 0.05) is 19.1 Å². The molecule has 4 nitrogen and oxygen atoms in total. The largest absolute Gasteiger partial charge is 0.434 e. The highest BCUT2D eigenvalue weighted by Gasteiger charge is 2.60. The maximum atomic E-state index is 12.2. The van der Waals surface area contributed by atoms with Crippen molar-refractivity contribution in [1.82, 2.24) is 4.90 Å². The minimum absolute atomic E-state index is 0.112. The van der Waals surface area contributed by atoms with Crippen molar-refractivity contribution < 1.29 is 35.9 Å². The van der Waals surface area contributed by atoms with Crippen molar-refractivity contribution in [3.63, 3.8) is 0 Å². The van der Waals surface area contributed by atoms with E-state index in [1.165, 1.54) is 0 Å². The lowest BCUT2D eigenvalue weighted by molar-refractivity contribution is -0.308. The normalized spacial score (nSPS) is 17.1. The van der Waals surface area contributed by atoms with Gasteiger partial charge in [0.2, 0.25) is 0 Å². The highest BCUT2D eigenvalue weighted by Crippen LogP contribution is 2.36. The molecule has 20 heavy (non-hydrogen) atoms. The van der Waals surface area contributed by atoms with Crippen LogP contribution in [0.3, 0.4) is 0 Å². The van der Waals surface area contributed by atoms with Crippen LogP contribution in [-0.4, -0.2) is 49.3 Å². The van der Waals surface area contributed by atoms with Gasteiger partial charge in [-0.05, 0) is 12.6 Å². The van der Waals surface area contributed by atoms with Crippen LogP contribution in [0.25, 0.3) is 0 Å². The third-order valence-electron chi connectivity index (χ3n) is 2.75. The topological polar surface area (TPSA) is 53.3 Å². The zero-order valence-electron chi connectivity index (χ0n) is 9.96. The Morgan fingerprint density at radius 3 is 1.95 bits per heavy atom. The second-order valence-corrected chi connectivity index (χ2v) is 4.24. The minimum atomic E-state index is -5.72. The van der Waals surface area contributed by atoms with Crippen molar-refractivity contribution in [3.8, 4) is 5.97 Å². The number of amides is 1. The van der Waals surface area contributed by atoms with E-state index < -0.39 is 24.5 Å². The lowest BCUT2D eigenvalue weighted by Crippen LogP contribution is -2.49. The second kappa shape index (κ2) is 5.81. The summed E-state index contributed by atoms with van der Waals surface area (Å²) in [6, 6.07) is 0. The van der Waals surface area contributed by atoms with E-state index in [9.17, 15) is 31.1 Å².